The van der Waals surface area contributed by atoms with Gasteiger partial charge < -0.3 is 21.1 Å². The monoisotopic (exact) mass is 457 g/mol. The number of carbonyl (C=O) groups is 1. The topological polar surface area (TPSA) is 154 Å². The Hall–Kier alpha value is -3.57. The minimum atomic E-state index is -0.472. The standard InChI is InChI=1S/C10H15N3O2.C6H9N3.C5H7N3.CH4/c1-10(2,3)15-9(14)11-6-8-4-5-12-13-7-8;1-7-4-6-2-3-8-9-5-6;6-3-5-1-2-7-8-4-5;/h4-5,7H,6H2,1-3H3,(H,11,14);2-3,5,7H,4H2,1H3;1-2,4H,3,6H2;1H4. The molecule has 0 aliphatic carbocycles. The molecule has 0 spiro atoms. The highest BCUT2D eigenvalue weighted by atomic mass is 16.6. The Labute approximate surface area is 195 Å². The number of nitrogens with zero attached hydrogens (tertiary/aromatic N) is 6. The summed E-state index contributed by atoms with van der Waals surface area (Å²) in [5.41, 5.74) is 7.87. The van der Waals surface area contributed by atoms with Crippen LogP contribution >= 0.6 is 0 Å². The molecule has 0 radical (unpaired) electrons. The summed E-state index contributed by atoms with van der Waals surface area (Å²) < 4.78 is 5.07. The maximum Gasteiger partial charge on any atom is 0.407 e. The first-order chi connectivity index (χ1) is 15.3. The average Bonchev–Trinajstić information content (AvgIpc) is 2.80. The van der Waals surface area contributed by atoms with Gasteiger partial charge in [-0.2, -0.15) is 30.6 Å². The highest BCUT2D eigenvalue weighted by molar-refractivity contribution is 5.67. The van der Waals surface area contributed by atoms with Crippen LogP contribution in [-0.2, 0) is 24.4 Å². The zero-order valence-electron chi connectivity index (χ0n) is 18.9. The lowest BCUT2D eigenvalue weighted by Gasteiger charge is -2.19. The number of carbonyl (C=O) groups excluding carboxylic acids is 1. The molecule has 0 fully saturated rings. The van der Waals surface area contributed by atoms with E-state index in [1.807, 2.05) is 40.0 Å². The Balaban J connectivity index is 0.000000489. The van der Waals surface area contributed by atoms with Crippen molar-refractivity contribution in [3.63, 3.8) is 0 Å². The number of amides is 1. The lowest BCUT2D eigenvalue weighted by Crippen LogP contribution is -2.32. The lowest BCUT2D eigenvalue weighted by molar-refractivity contribution is 0.0523. The van der Waals surface area contributed by atoms with E-state index in [1.54, 1.807) is 43.2 Å². The summed E-state index contributed by atoms with van der Waals surface area (Å²) in [5.74, 6) is 0. The van der Waals surface area contributed by atoms with Crippen LogP contribution < -0.4 is 16.4 Å². The van der Waals surface area contributed by atoms with Crippen molar-refractivity contribution in [3.05, 3.63) is 72.1 Å². The summed E-state index contributed by atoms with van der Waals surface area (Å²) in [7, 11) is 1.90. The quantitative estimate of drug-likeness (QED) is 0.520. The van der Waals surface area contributed by atoms with Gasteiger partial charge in [0.1, 0.15) is 5.60 Å². The average molecular weight is 458 g/mol. The van der Waals surface area contributed by atoms with E-state index in [1.165, 1.54) is 0 Å². The van der Waals surface area contributed by atoms with Gasteiger partial charge in [0.15, 0.2) is 0 Å². The van der Waals surface area contributed by atoms with Crippen molar-refractivity contribution in [1.29, 1.82) is 0 Å². The van der Waals surface area contributed by atoms with Gasteiger partial charge in [-0.1, -0.05) is 7.43 Å². The van der Waals surface area contributed by atoms with Crippen LogP contribution in [0.25, 0.3) is 0 Å². The molecule has 0 aliphatic heterocycles. The second-order valence-electron chi connectivity index (χ2n) is 7.34. The summed E-state index contributed by atoms with van der Waals surface area (Å²) in [6, 6.07) is 5.56. The zero-order valence-corrected chi connectivity index (χ0v) is 18.9. The molecule has 4 N–H and O–H groups in total. The van der Waals surface area contributed by atoms with Crippen molar-refractivity contribution in [3.8, 4) is 0 Å². The fraction of sp³-hybridized carbons (Fsp3) is 0.409. The Kier molecular flexibility index (Phi) is 15.2. The van der Waals surface area contributed by atoms with Crippen LogP contribution in [0.2, 0.25) is 0 Å². The van der Waals surface area contributed by atoms with Crippen molar-refractivity contribution in [2.45, 2.75) is 53.4 Å². The maximum atomic E-state index is 11.3. The molecular weight excluding hydrogens is 422 g/mol. The molecular formula is C22H35N9O2. The van der Waals surface area contributed by atoms with E-state index in [9.17, 15) is 4.79 Å². The molecule has 0 unspecified atom stereocenters. The highest BCUT2D eigenvalue weighted by Crippen LogP contribution is 2.06. The van der Waals surface area contributed by atoms with E-state index in [0.29, 0.717) is 13.1 Å². The number of hydrogen-bond acceptors (Lipinski definition) is 10. The molecule has 1 amide bonds. The van der Waals surface area contributed by atoms with Crippen LogP contribution in [0, 0.1) is 0 Å². The van der Waals surface area contributed by atoms with Crippen LogP contribution in [0.15, 0.2) is 55.4 Å². The summed E-state index contributed by atoms with van der Waals surface area (Å²) in [6.07, 6.45) is 9.45. The lowest BCUT2D eigenvalue weighted by atomic mass is 10.2. The van der Waals surface area contributed by atoms with Crippen LogP contribution in [0.1, 0.15) is 44.9 Å². The molecule has 11 heteroatoms. The molecule has 33 heavy (non-hydrogen) atoms. The molecule has 0 aromatic carbocycles. The first-order valence-corrected chi connectivity index (χ1v) is 9.92. The normalized spacial score (nSPS) is 9.73. The SMILES string of the molecule is C.CC(C)(C)OC(=O)NCc1ccnnc1.CNCc1ccnnc1.NCc1ccnnc1. The molecule has 0 saturated carbocycles. The molecule has 180 valence electrons. The number of rotatable bonds is 5. The molecule has 3 rings (SSSR count). The molecule has 0 aliphatic rings. The van der Waals surface area contributed by atoms with E-state index in [4.69, 9.17) is 10.5 Å². The number of alkyl carbamates (subject to hydrolysis) is 1. The van der Waals surface area contributed by atoms with Gasteiger partial charge in [-0.25, -0.2) is 4.79 Å². The van der Waals surface area contributed by atoms with Crippen molar-refractivity contribution in [2.75, 3.05) is 7.05 Å². The van der Waals surface area contributed by atoms with Gasteiger partial charge in [-0.05, 0) is 62.7 Å². The fourth-order valence-corrected chi connectivity index (χ4v) is 1.98. The Morgan fingerprint density at radius 2 is 1.30 bits per heavy atom. The molecule has 0 saturated heterocycles. The molecule has 3 aromatic rings. The molecule has 0 bridgehead atoms. The molecule has 3 heterocycles. The molecule has 11 nitrogen and oxygen atoms in total. The van der Waals surface area contributed by atoms with Crippen molar-refractivity contribution >= 4 is 6.09 Å². The van der Waals surface area contributed by atoms with Gasteiger partial charge in [0.05, 0.1) is 18.6 Å². The predicted molar refractivity (Wildman–Crippen MR) is 127 cm³/mol. The smallest absolute Gasteiger partial charge is 0.407 e. The minimum Gasteiger partial charge on any atom is -0.444 e. The number of ether oxygens (including phenoxy) is 1. The Morgan fingerprint density at radius 3 is 1.64 bits per heavy atom. The van der Waals surface area contributed by atoms with E-state index in [-0.39, 0.29) is 7.43 Å². The first-order valence-electron chi connectivity index (χ1n) is 9.92. The summed E-state index contributed by atoms with van der Waals surface area (Å²) >= 11 is 0. The fourth-order valence-electron chi connectivity index (χ4n) is 1.98. The Bertz CT molecular complexity index is 861. The van der Waals surface area contributed by atoms with Crippen LogP contribution in [0.3, 0.4) is 0 Å². The van der Waals surface area contributed by atoms with E-state index >= 15 is 0 Å². The van der Waals surface area contributed by atoms with Crippen LogP contribution in [-0.4, -0.2) is 49.3 Å². The van der Waals surface area contributed by atoms with Crippen LogP contribution in [0.5, 0.6) is 0 Å². The van der Waals surface area contributed by atoms with Gasteiger partial charge in [-0.15, -0.1) is 0 Å². The van der Waals surface area contributed by atoms with Gasteiger partial charge in [0, 0.05) is 38.2 Å². The largest absolute Gasteiger partial charge is 0.444 e. The number of nitrogens with one attached hydrogen (secondary N) is 2. The predicted octanol–water partition coefficient (Wildman–Crippen LogP) is 2.27. The van der Waals surface area contributed by atoms with Crippen molar-refractivity contribution < 1.29 is 9.53 Å². The summed E-state index contributed by atoms with van der Waals surface area (Å²) in [4.78, 5) is 11.3. The number of nitrogens with two attached hydrogens (primary N) is 1. The van der Waals surface area contributed by atoms with E-state index in [0.717, 1.165) is 23.2 Å². The van der Waals surface area contributed by atoms with Gasteiger partial charge >= 0.3 is 6.09 Å². The molecule has 3 aromatic heterocycles. The van der Waals surface area contributed by atoms with Gasteiger partial charge in [0.25, 0.3) is 0 Å². The second kappa shape index (κ2) is 17.0. The van der Waals surface area contributed by atoms with Crippen LogP contribution in [0.4, 0.5) is 4.79 Å². The van der Waals surface area contributed by atoms with Crippen molar-refractivity contribution in [2.24, 2.45) is 5.73 Å². The highest BCUT2D eigenvalue weighted by Gasteiger charge is 2.15. The first kappa shape index (κ1) is 29.4. The Morgan fingerprint density at radius 1 is 0.848 bits per heavy atom. The number of hydrogen-bond donors (Lipinski definition) is 3. The zero-order chi connectivity index (χ0) is 23.7. The van der Waals surface area contributed by atoms with E-state index < -0.39 is 11.7 Å². The third-order valence-electron chi connectivity index (χ3n) is 3.39. The maximum absolute atomic E-state index is 11.3. The third kappa shape index (κ3) is 15.8. The minimum absolute atomic E-state index is 0. The van der Waals surface area contributed by atoms with Gasteiger partial charge in [0.2, 0.25) is 0 Å². The van der Waals surface area contributed by atoms with E-state index in [2.05, 4.69) is 41.2 Å². The van der Waals surface area contributed by atoms with Crippen molar-refractivity contribution in [1.82, 2.24) is 41.2 Å². The summed E-state index contributed by atoms with van der Waals surface area (Å²) in [5, 5.41) is 27.6. The van der Waals surface area contributed by atoms with Gasteiger partial charge in [-0.3, -0.25) is 0 Å². The molecule has 0 atom stereocenters. The summed E-state index contributed by atoms with van der Waals surface area (Å²) in [6.45, 7) is 7.25. The number of aromatic nitrogens is 6. The third-order valence-corrected chi connectivity index (χ3v) is 3.39. The second-order valence-corrected chi connectivity index (χ2v) is 7.34.